The minimum Gasteiger partial charge on any atom is -0.361 e. The molecule has 0 saturated heterocycles. The van der Waals surface area contributed by atoms with Gasteiger partial charge in [0.2, 0.25) is 0 Å². The topological polar surface area (TPSA) is 15.8 Å². The van der Waals surface area contributed by atoms with E-state index >= 15 is 0 Å². The second kappa shape index (κ2) is 3.70. The highest BCUT2D eigenvalue weighted by atomic mass is 127. The van der Waals surface area contributed by atoms with E-state index in [9.17, 15) is 0 Å². The largest absolute Gasteiger partial charge is 0.361 e. The molecule has 2 heteroatoms. The van der Waals surface area contributed by atoms with Crippen LogP contribution in [-0.4, -0.2) is 4.98 Å². The van der Waals surface area contributed by atoms with E-state index in [1.807, 2.05) is 0 Å². The van der Waals surface area contributed by atoms with Crippen LogP contribution < -0.4 is 0 Å². The van der Waals surface area contributed by atoms with Crippen LogP contribution in [0.5, 0.6) is 0 Å². The number of fused-ring (bicyclic) bond motifs is 1. The van der Waals surface area contributed by atoms with Gasteiger partial charge in [-0.15, -0.1) is 0 Å². The molecular weight excluding hydrogens is 273 g/mol. The molecule has 0 unspecified atom stereocenters. The maximum Gasteiger partial charge on any atom is 0.0457 e. The number of H-pyrrole nitrogens is 1. The van der Waals surface area contributed by atoms with Gasteiger partial charge >= 0.3 is 0 Å². The van der Waals surface area contributed by atoms with Crippen molar-refractivity contribution in [3.05, 3.63) is 33.5 Å². The quantitative estimate of drug-likeness (QED) is 0.809. The first-order valence-electron chi connectivity index (χ1n) is 4.57. The Morgan fingerprint density at radius 2 is 2.23 bits per heavy atom. The average Bonchev–Trinajstić information content (AvgIpc) is 2.49. The average molecular weight is 285 g/mol. The third-order valence-electron chi connectivity index (χ3n) is 2.25. The van der Waals surface area contributed by atoms with Gasteiger partial charge in [-0.05, 0) is 52.8 Å². The normalized spacial score (nSPS) is 10.9. The Bertz CT molecular complexity index is 417. The molecule has 1 N–H and O–H groups in total. The van der Waals surface area contributed by atoms with Crippen LogP contribution >= 0.6 is 22.6 Å². The third kappa shape index (κ3) is 1.73. The molecule has 1 aromatic heterocycles. The summed E-state index contributed by atoms with van der Waals surface area (Å²) in [5.74, 6) is 0. The molecule has 2 rings (SSSR count). The fraction of sp³-hybridized carbons (Fsp3) is 0.273. The molecule has 0 bridgehead atoms. The van der Waals surface area contributed by atoms with E-state index in [4.69, 9.17) is 0 Å². The smallest absolute Gasteiger partial charge is 0.0457 e. The van der Waals surface area contributed by atoms with Gasteiger partial charge in [-0.1, -0.05) is 13.3 Å². The maximum atomic E-state index is 3.30. The fourth-order valence-corrected chi connectivity index (χ4v) is 2.12. The van der Waals surface area contributed by atoms with Crippen molar-refractivity contribution in [1.29, 1.82) is 0 Å². The van der Waals surface area contributed by atoms with Gasteiger partial charge in [0, 0.05) is 20.7 Å². The lowest BCUT2D eigenvalue weighted by Crippen LogP contribution is -1.79. The minimum absolute atomic E-state index is 1.17. The summed E-state index contributed by atoms with van der Waals surface area (Å²) in [6, 6.07) is 6.53. The monoisotopic (exact) mass is 285 g/mol. The minimum atomic E-state index is 1.17. The Hall–Kier alpha value is -0.510. The van der Waals surface area contributed by atoms with Crippen molar-refractivity contribution in [3.63, 3.8) is 0 Å². The summed E-state index contributed by atoms with van der Waals surface area (Å²) >= 11 is 2.36. The molecule has 0 fully saturated rings. The van der Waals surface area contributed by atoms with Crippen LogP contribution in [0.2, 0.25) is 0 Å². The van der Waals surface area contributed by atoms with Crippen LogP contribution in [0.3, 0.4) is 0 Å². The number of hydrogen-bond donors (Lipinski definition) is 1. The highest BCUT2D eigenvalue weighted by molar-refractivity contribution is 14.1. The van der Waals surface area contributed by atoms with Gasteiger partial charge in [0.15, 0.2) is 0 Å². The second-order valence-electron chi connectivity index (χ2n) is 3.25. The molecule has 0 spiro atoms. The highest BCUT2D eigenvalue weighted by Crippen LogP contribution is 2.21. The number of nitrogens with one attached hydrogen (secondary N) is 1. The van der Waals surface area contributed by atoms with E-state index in [1.165, 1.54) is 32.9 Å². The summed E-state index contributed by atoms with van der Waals surface area (Å²) in [5, 5.41) is 1.38. The van der Waals surface area contributed by atoms with Crippen LogP contribution in [-0.2, 0) is 6.42 Å². The Labute approximate surface area is 91.7 Å². The number of hydrogen-bond acceptors (Lipinski definition) is 0. The van der Waals surface area contributed by atoms with Crippen molar-refractivity contribution in [3.8, 4) is 0 Å². The molecule has 0 radical (unpaired) electrons. The van der Waals surface area contributed by atoms with Crippen molar-refractivity contribution in [2.24, 2.45) is 0 Å². The van der Waals surface area contributed by atoms with E-state index in [-0.39, 0.29) is 0 Å². The fourth-order valence-electron chi connectivity index (χ4n) is 1.63. The Morgan fingerprint density at radius 1 is 1.38 bits per heavy atom. The number of rotatable bonds is 2. The molecule has 68 valence electrons. The maximum absolute atomic E-state index is 3.30. The van der Waals surface area contributed by atoms with Crippen LogP contribution in [0.1, 0.15) is 18.9 Å². The standard InChI is InChI=1S/C11H12IN/c1-2-3-8-7-13-11-5-4-9(12)6-10(8)11/h4-7,13H,2-3H2,1H3. The van der Waals surface area contributed by atoms with Crippen molar-refractivity contribution in [1.82, 2.24) is 4.98 Å². The predicted molar refractivity (Wildman–Crippen MR) is 65.0 cm³/mol. The van der Waals surface area contributed by atoms with E-state index in [1.54, 1.807) is 0 Å². The zero-order chi connectivity index (χ0) is 9.26. The first-order chi connectivity index (χ1) is 6.31. The van der Waals surface area contributed by atoms with E-state index in [0.29, 0.717) is 0 Å². The van der Waals surface area contributed by atoms with E-state index in [0.717, 1.165) is 0 Å². The molecule has 0 aliphatic carbocycles. The van der Waals surface area contributed by atoms with Gasteiger partial charge in [-0.2, -0.15) is 0 Å². The van der Waals surface area contributed by atoms with Crippen molar-refractivity contribution in [2.75, 3.05) is 0 Å². The molecule has 1 heterocycles. The second-order valence-corrected chi connectivity index (χ2v) is 4.50. The van der Waals surface area contributed by atoms with E-state index in [2.05, 4.69) is 58.9 Å². The summed E-state index contributed by atoms with van der Waals surface area (Å²) in [6.07, 6.45) is 4.50. The molecule has 0 atom stereocenters. The Morgan fingerprint density at radius 3 is 3.00 bits per heavy atom. The lowest BCUT2D eigenvalue weighted by molar-refractivity contribution is 0.929. The molecule has 13 heavy (non-hydrogen) atoms. The SMILES string of the molecule is CCCc1c[nH]c2ccc(I)cc12. The van der Waals surface area contributed by atoms with Crippen molar-refractivity contribution < 1.29 is 0 Å². The van der Waals surface area contributed by atoms with Crippen molar-refractivity contribution >= 4 is 33.5 Å². The molecular formula is C11H12IN. The first-order valence-corrected chi connectivity index (χ1v) is 5.64. The van der Waals surface area contributed by atoms with E-state index < -0.39 is 0 Å². The molecule has 0 amide bonds. The molecule has 1 nitrogen and oxygen atoms in total. The Kier molecular flexibility index (Phi) is 2.58. The van der Waals surface area contributed by atoms with Gasteiger partial charge in [0.1, 0.15) is 0 Å². The van der Waals surface area contributed by atoms with Gasteiger partial charge in [0.25, 0.3) is 0 Å². The van der Waals surface area contributed by atoms with Crippen LogP contribution in [0, 0.1) is 3.57 Å². The molecule has 0 aliphatic heterocycles. The number of aryl methyl sites for hydroxylation is 1. The zero-order valence-electron chi connectivity index (χ0n) is 7.60. The third-order valence-corrected chi connectivity index (χ3v) is 2.92. The number of aromatic amines is 1. The number of aromatic nitrogens is 1. The molecule has 0 saturated carbocycles. The lowest BCUT2D eigenvalue weighted by atomic mass is 10.1. The summed E-state index contributed by atoms with van der Waals surface area (Å²) in [5.41, 5.74) is 2.69. The highest BCUT2D eigenvalue weighted by Gasteiger charge is 2.02. The van der Waals surface area contributed by atoms with Gasteiger partial charge < -0.3 is 4.98 Å². The molecule has 1 aromatic carbocycles. The molecule has 2 aromatic rings. The summed E-state index contributed by atoms with van der Waals surface area (Å²) in [4.78, 5) is 3.30. The Balaban J connectivity index is 2.58. The lowest BCUT2D eigenvalue weighted by Gasteiger charge is -1.96. The summed E-state index contributed by atoms with van der Waals surface area (Å²) in [6.45, 7) is 2.22. The van der Waals surface area contributed by atoms with Gasteiger partial charge in [0.05, 0.1) is 0 Å². The number of halogens is 1. The van der Waals surface area contributed by atoms with Crippen LogP contribution in [0.4, 0.5) is 0 Å². The number of benzene rings is 1. The predicted octanol–water partition coefficient (Wildman–Crippen LogP) is 3.73. The van der Waals surface area contributed by atoms with Gasteiger partial charge in [-0.25, -0.2) is 0 Å². The van der Waals surface area contributed by atoms with Gasteiger partial charge in [-0.3, -0.25) is 0 Å². The first kappa shape index (κ1) is 9.06. The summed E-state index contributed by atoms with van der Waals surface area (Å²) in [7, 11) is 0. The molecule has 0 aliphatic rings. The van der Waals surface area contributed by atoms with Crippen molar-refractivity contribution in [2.45, 2.75) is 19.8 Å². The van der Waals surface area contributed by atoms with Crippen LogP contribution in [0.15, 0.2) is 24.4 Å². The summed E-state index contributed by atoms with van der Waals surface area (Å²) < 4.78 is 1.31. The van der Waals surface area contributed by atoms with Crippen LogP contribution in [0.25, 0.3) is 10.9 Å². The zero-order valence-corrected chi connectivity index (χ0v) is 9.76.